The van der Waals surface area contributed by atoms with Crippen molar-refractivity contribution in [3.63, 3.8) is 0 Å². The molecule has 0 aliphatic carbocycles. The first-order valence-corrected chi connectivity index (χ1v) is 12.7. The van der Waals surface area contributed by atoms with E-state index in [2.05, 4.69) is 23.6 Å². The molecule has 0 bridgehead atoms. The molecule has 3 rings (SSSR count). The van der Waals surface area contributed by atoms with Crippen LogP contribution in [-0.2, 0) is 14.2 Å². The van der Waals surface area contributed by atoms with Crippen LogP contribution in [0.3, 0.4) is 0 Å². The largest absolute Gasteiger partial charge is 0.389 e. The third kappa shape index (κ3) is 9.24. The maximum atomic E-state index is 13.4. The summed E-state index contributed by atoms with van der Waals surface area (Å²) < 4.78 is 17.1. The van der Waals surface area contributed by atoms with E-state index in [1.165, 1.54) is 0 Å². The zero-order valence-corrected chi connectivity index (χ0v) is 21.2. The van der Waals surface area contributed by atoms with Gasteiger partial charge in [-0.05, 0) is 25.0 Å². The third-order valence-corrected chi connectivity index (χ3v) is 6.25. The van der Waals surface area contributed by atoms with Gasteiger partial charge in [0.05, 0.1) is 38.6 Å². The Morgan fingerprint density at radius 1 is 1.12 bits per heavy atom. The highest BCUT2D eigenvalue weighted by molar-refractivity contribution is 5.94. The maximum absolute atomic E-state index is 13.4. The van der Waals surface area contributed by atoms with Crippen LogP contribution in [0.2, 0.25) is 0 Å². The van der Waals surface area contributed by atoms with Crippen LogP contribution in [0.1, 0.15) is 29.8 Å². The van der Waals surface area contributed by atoms with Gasteiger partial charge in [0.2, 0.25) is 0 Å². The normalized spacial score (nSPS) is 21.0. The molecule has 2 aliphatic rings. The van der Waals surface area contributed by atoms with E-state index in [9.17, 15) is 9.90 Å². The van der Waals surface area contributed by atoms with Crippen LogP contribution in [0, 0.1) is 12.8 Å². The molecule has 34 heavy (non-hydrogen) atoms. The van der Waals surface area contributed by atoms with Crippen LogP contribution in [0.25, 0.3) is 0 Å². The molecule has 1 N–H and O–H groups in total. The summed E-state index contributed by atoms with van der Waals surface area (Å²) >= 11 is 0. The minimum Gasteiger partial charge on any atom is -0.389 e. The van der Waals surface area contributed by atoms with Gasteiger partial charge in [0.1, 0.15) is 0 Å². The van der Waals surface area contributed by atoms with Crippen LogP contribution >= 0.6 is 0 Å². The number of carbonyl (C=O) groups excluding carboxylic acids is 1. The van der Waals surface area contributed by atoms with E-state index in [1.807, 2.05) is 36.1 Å². The van der Waals surface area contributed by atoms with Crippen molar-refractivity contribution >= 4 is 5.91 Å². The Hall–Kier alpha value is -1.55. The second-order valence-corrected chi connectivity index (χ2v) is 9.91. The lowest BCUT2D eigenvalue weighted by Crippen LogP contribution is -2.52. The first kappa shape index (κ1) is 27.0. The number of aliphatic hydroxyl groups is 1. The van der Waals surface area contributed by atoms with E-state index >= 15 is 0 Å². The fourth-order valence-electron chi connectivity index (χ4n) is 4.33. The summed E-state index contributed by atoms with van der Waals surface area (Å²) in [5.41, 5.74) is 1.84. The lowest BCUT2D eigenvalue weighted by molar-refractivity contribution is -0.0604. The fourth-order valence-corrected chi connectivity index (χ4v) is 4.33. The fraction of sp³-hybridized carbons (Fsp3) is 0.731. The van der Waals surface area contributed by atoms with Gasteiger partial charge in [0.25, 0.3) is 5.91 Å². The average Bonchev–Trinajstić information content (AvgIpc) is 2.82. The van der Waals surface area contributed by atoms with E-state index in [-0.39, 0.29) is 12.0 Å². The molecule has 1 aromatic rings. The van der Waals surface area contributed by atoms with Gasteiger partial charge in [0.15, 0.2) is 0 Å². The Bertz CT molecular complexity index is 724. The first-order valence-electron chi connectivity index (χ1n) is 12.7. The van der Waals surface area contributed by atoms with E-state index in [0.29, 0.717) is 57.5 Å². The summed E-state index contributed by atoms with van der Waals surface area (Å²) in [6.07, 6.45) is -0.610. The Kier molecular flexibility index (Phi) is 11.2. The second-order valence-electron chi connectivity index (χ2n) is 9.91. The molecule has 2 heterocycles. The van der Waals surface area contributed by atoms with Crippen LogP contribution in [0.4, 0.5) is 0 Å². The van der Waals surface area contributed by atoms with Crippen LogP contribution in [0.5, 0.6) is 0 Å². The molecule has 0 unspecified atom stereocenters. The third-order valence-electron chi connectivity index (χ3n) is 6.25. The van der Waals surface area contributed by atoms with E-state index in [0.717, 1.165) is 45.0 Å². The van der Waals surface area contributed by atoms with Crippen molar-refractivity contribution in [2.75, 3.05) is 85.4 Å². The molecular weight excluding hydrogens is 434 g/mol. The summed E-state index contributed by atoms with van der Waals surface area (Å²) in [5, 5.41) is 10.4. The molecule has 1 aromatic carbocycles. The molecule has 2 aliphatic heterocycles. The molecule has 0 radical (unpaired) electrons. The summed E-state index contributed by atoms with van der Waals surface area (Å²) in [5.74, 6) is 0.491. The number of hydrogen-bond acceptors (Lipinski definition) is 7. The van der Waals surface area contributed by atoms with Crippen molar-refractivity contribution < 1.29 is 24.1 Å². The topological polar surface area (TPSA) is 74.7 Å². The number of ether oxygens (including phenoxy) is 3. The Morgan fingerprint density at radius 2 is 1.82 bits per heavy atom. The molecule has 2 atom stereocenters. The second kappa shape index (κ2) is 14.1. The summed E-state index contributed by atoms with van der Waals surface area (Å²) in [4.78, 5) is 19.9. The SMILES string of the molecule is Cc1ccc(C(=O)N(CCN2CCOCC2)C[C@H]2CN(C[C@H](O)COCC(C)C)CCO2)cc1. The minimum atomic E-state index is -0.524. The number of aryl methyl sites for hydroxylation is 1. The zero-order chi connectivity index (χ0) is 24.3. The van der Waals surface area contributed by atoms with Crippen molar-refractivity contribution in [2.45, 2.75) is 33.0 Å². The standard InChI is InChI=1S/C26H43N3O5/c1-21(2)19-33-20-24(30)16-28-12-15-34-25(17-28)18-29(9-8-27-10-13-32-14-11-27)26(31)23-6-4-22(3)5-7-23/h4-7,21,24-25,30H,8-20H2,1-3H3/t24-,25+/m0/s1. The van der Waals surface area contributed by atoms with Gasteiger partial charge in [0, 0.05) is 64.5 Å². The monoisotopic (exact) mass is 477 g/mol. The van der Waals surface area contributed by atoms with Gasteiger partial charge in [-0.15, -0.1) is 0 Å². The molecule has 0 aromatic heterocycles. The molecule has 2 fully saturated rings. The van der Waals surface area contributed by atoms with Crippen molar-refractivity contribution in [3.05, 3.63) is 35.4 Å². The molecule has 192 valence electrons. The quantitative estimate of drug-likeness (QED) is 0.489. The smallest absolute Gasteiger partial charge is 0.253 e. The van der Waals surface area contributed by atoms with E-state index in [4.69, 9.17) is 14.2 Å². The van der Waals surface area contributed by atoms with Crippen LogP contribution < -0.4 is 0 Å². The summed E-state index contributed by atoms with van der Waals surface area (Å²) in [6.45, 7) is 15.1. The number of morpholine rings is 2. The number of benzene rings is 1. The van der Waals surface area contributed by atoms with Gasteiger partial charge in [-0.1, -0.05) is 31.5 Å². The molecule has 1 amide bonds. The zero-order valence-electron chi connectivity index (χ0n) is 21.2. The van der Waals surface area contributed by atoms with Gasteiger partial charge in [-0.2, -0.15) is 0 Å². The lowest BCUT2D eigenvalue weighted by Gasteiger charge is -2.37. The molecular formula is C26H43N3O5. The number of aliphatic hydroxyl groups excluding tert-OH is 1. The van der Waals surface area contributed by atoms with Crippen molar-refractivity contribution in [1.82, 2.24) is 14.7 Å². The van der Waals surface area contributed by atoms with Crippen LogP contribution in [-0.4, -0.2) is 123 Å². The highest BCUT2D eigenvalue weighted by atomic mass is 16.5. The van der Waals surface area contributed by atoms with Gasteiger partial charge in [-0.3, -0.25) is 14.6 Å². The minimum absolute atomic E-state index is 0.0381. The number of amides is 1. The van der Waals surface area contributed by atoms with Gasteiger partial charge >= 0.3 is 0 Å². The van der Waals surface area contributed by atoms with Gasteiger partial charge < -0.3 is 24.2 Å². The number of carbonyl (C=O) groups is 1. The van der Waals surface area contributed by atoms with Crippen molar-refractivity contribution in [3.8, 4) is 0 Å². The highest BCUT2D eigenvalue weighted by Gasteiger charge is 2.27. The molecule has 0 spiro atoms. The average molecular weight is 478 g/mol. The Labute approximate surface area is 204 Å². The number of rotatable bonds is 12. The van der Waals surface area contributed by atoms with E-state index in [1.54, 1.807) is 0 Å². The molecule has 8 nitrogen and oxygen atoms in total. The van der Waals surface area contributed by atoms with Gasteiger partial charge in [-0.25, -0.2) is 0 Å². The number of β-amino-alcohol motifs (C(OH)–C–C–N with tert-alkyl or cyclic N) is 1. The first-order chi connectivity index (χ1) is 16.4. The summed E-state index contributed by atoms with van der Waals surface area (Å²) in [7, 11) is 0. The predicted molar refractivity (Wildman–Crippen MR) is 132 cm³/mol. The number of hydrogen-bond donors (Lipinski definition) is 1. The maximum Gasteiger partial charge on any atom is 0.253 e. The highest BCUT2D eigenvalue weighted by Crippen LogP contribution is 2.13. The predicted octanol–water partition coefficient (Wildman–Crippen LogP) is 1.50. The lowest BCUT2D eigenvalue weighted by atomic mass is 10.1. The van der Waals surface area contributed by atoms with E-state index < -0.39 is 6.10 Å². The van der Waals surface area contributed by atoms with Crippen molar-refractivity contribution in [2.24, 2.45) is 5.92 Å². The van der Waals surface area contributed by atoms with Crippen molar-refractivity contribution in [1.29, 1.82) is 0 Å². The molecule has 2 saturated heterocycles. The Morgan fingerprint density at radius 3 is 2.53 bits per heavy atom. The molecule has 8 heteroatoms. The van der Waals surface area contributed by atoms with Crippen LogP contribution in [0.15, 0.2) is 24.3 Å². The number of nitrogens with zero attached hydrogens (tertiary/aromatic N) is 3. The molecule has 0 saturated carbocycles. The summed E-state index contributed by atoms with van der Waals surface area (Å²) in [6, 6.07) is 7.77. The Balaban J connectivity index is 1.56.